The standard InChI is InChI=1S/2C21H27FO6/c2*1-18-6-5-12(24)7-11(18)3-4-13-14-8-15(25)21(28,17(27)10-23)19(14,2)9-16(26)20(13,18)22/h2*5-7,13-16,23,25-26,28H,3-4,8-10H2,1-2H3/t2*13-,14-,15+,16-,18-,19-,20-,21-/m00/s1. The molecule has 16 atom stereocenters. The van der Waals surface area contributed by atoms with Crippen LogP contribution in [0.2, 0.25) is 0 Å². The van der Waals surface area contributed by atoms with E-state index in [1.807, 2.05) is 0 Å². The molecule has 6 saturated carbocycles. The lowest BCUT2D eigenvalue weighted by Gasteiger charge is -2.62. The minimum atomic E-state index is -2.23. The zero-order valence-corrected chi connectivity index (χ0v) is 32.1. The topological polar surface area (TPSA) is 230 Å². The van der Waals surface area contributed by atoms with Crippen molar-refractivity contribution < 1.29 is 68.8 Å². The van der Waals surface area contributed by atoms with Crippen LogP contribution in [-0.2, 0) is 19.2 Å². The Hall–Kier alpha value is -2.82. The van der Waals surface area contributed by atoms with E-state index >= 15 is 8.78 Å². The van der Waals surface area contributed by atoms with E-state index in [9.17, 15) is 60.0 Å². The molecule has 6 fully saturated rings. The van der Waals surface area contributed by atoms with Crippen LogP contribution in [0.3, 0.4) is 0 Å². The summed E-state index contributed by atoms with van der Waals surface area (Å²) in [5.74, 6) is -4.76. The molecule has 8 aliphatic rings. The molecule has 0 unspecified atom stereocenters. The highest BCUT2D eigenvalue weighted by atomic mass is 19.1. The van der Waals surface area contributed by atoms with Gasteiger partial charge in [-0.15, -0.1) is 0 Å². The monoisotopic (exact) mass is 788 g/mol. The molecule has 0 aliphatic heterocycles. The Morgan fingerprint density at radius 3 is 1.29 bits per heavy atom. The average Bonchev–Trinajstić information content (AvgIpc) is 3.48. The maximum Gasteiger partial charge on any atom is 0.192 e. The highest BCUT2D eigenvalue weighted by Gasteiger charge is 2.78. The van der Waals surface area contributed by atoms with Crippen molar-refractivity contribution in [2.45, 2.75) is 126 Å². The number of fused-ring (bicyclic) bond motifs is 10. The number of hydrogen-bond acceptors (Lipinski definition) is 12. The predicted molar refractivity (Wildman–Crippen MR) is 194 cm³/mol. The van der Waals surface area contributed by atoms with E-state index in [1.165, 1.54) is 36.5 Å². The maximum absolute atomic E-state index is 16.8. The Balaban J connectivity index is 0.000000172. The summed E-state index contributed by atoms with van der Waals surface area (Å²) in [7, 11) is 0. The number of carbonyl (C=O) groups is 4. The van der Waals surface area contributed by atoms with Crippen LogP contribution >= 0.6 is 0 Å². The van der Waals surface area contributed by atoms with Gasteiger partial charge in [-0.3, -0.25) is 19.2 Å². The summed E-state index contributed by atoms with van der Waals surface area (Å²) in [6, 6.07) is 0. The third-order valence-electron chi connectivity index (χ3n) is 16.9. The molecule has 0 bridgehead atoms. The number of aliphatic hydroxyl groups is 8. The summed E-state index contributed by atoms with van der Waals surface area (Å²) < 4.78 is 33.6. The lowest BCUT2D eigenvalue weighted by molar-refractivity contribution is -0.222. The van der Waals surface area contributed by atoms with E-state index < -0.39 is 117 Å². The van der Waals surface area contributed by atoms with E-state index in [-0.39, 0.29) is 37.2 Å². The van der Waals surface area contributed by atoms with Crippen LogP contribution in [0, 0.1) is 45.3 Å². The minimum Gasteiger partial charge on any atom is -0.390 e. The van der Waals surface area contributed by atoms with E-state index in [2.05, 4.69) is 0 Å². The average molecular weight is 789 g/mol. The van der Waals surface area contributed by atoms with Gasteiger partial charge in [-0.1, -0.05) is 37.1 Å². The van der Waals surface area contributed by atoms with E-state index in [0.717, 1.165) is 0 Å². The van der Waals surface area contributed by atoms with Gasteiger partial charge in [-0.2, -0.15) is 0 Å². The lowest BCUT2D eigenvalue weighted by atomic mass is 9.44. The smallest absolute Gasteiger partial charge is 0.192 e. The molecule has 0 saturated heterocycles. The van der Waals surface area contributed by atoms with Gasteiger partial charge >= 0.3 is 0 Å². The summed E-state index contributed by atoms with van der Waals surface area (Å²) in [4.78, 5) is 48.4. The SMILES string of the molecule is C[C@]12C=CC(=O)C=C1CC[C@H]1[C@@H]3C[C@@H](O)[C@](O)(C(=O)CO)[C@@]3(C)C[C@H](O)[C@@]12F.C[C@]12C=CC(=O)C=C1CC[C@H]1[C@@H]3C[C@@H](O)[C@](O)(C(=O)CO)[C@@]3(C)C[C@H](O)[C@@]12F. The zero-order chi connectivity index (χ0) is 41.4. The van der Waals surface area contributed by atoms with Crippen molar-refractivity contribution in [2.75, 3.05) is 13.2 Å². The van der Waals surface area contributed by atoms with E-state index in [1.54, 1.807) is 27.7 Å². The molecular weight excluding hydrogens is 734 g/mol. The normalized spacial score (nSPS) is 52.5. The second-order valence-electron chi connectivity index (χ2n) is 18.7. The molecule has 308 valence electrons. The summed E-state index contributed by atoms with van der Waals surface area (Å²) in [6.45, 7) is 4.67. The van der Waals surface area contributed by atoms with Gasteiger partial charge in [0.05, 0.1) is 24.4 Å². The molecule has 0 radical (unpaired) electrons. The Kier molecular flexibility index (Phi) is 9.48. The van der Waals surface area contributed by atoms with Gasteiger partial charge in [0.25, 0.3) is 0 Å². The van der Waals surface area contributed by atoms with Crippen LogP contribution in [0.15, 0.2) is 47.6 Å². The second-order valence-corrected chi connectivity index (χ2v) is 18.7. The molecule has 8 rings (SSSR count). The fraction of sp³-hybridized carbons (Fsp3) is 0.714. The molecule has 8 N–H and O–H groups in total. The molecule has 14 heteroatoms. The van der Waals surface area contributed by atoms with Crippen molar-refractivity contribution in [3.05, 3.63) is 47.6 Å². The molecule has 0 aromatic rings. The molecule has 0 aromatic heterocycles. The Morgan fingerprint density at radius 2 is 0.964 bits per heavy atom. The zero-order valence-electron chi connectivity index (χ0n) is 32.1. The highest BCUT2D eigenvalue weighted by Crippen LogP contribution is 2.71. The second kappa shape index (κ2) is 12.8. The molecular formula is C42H54F2O12. The molecule has 0 spiro atoms. The molecule has 8 aliphatic carbocycles. The van der Waals surface area contributed by atoms with Crippen LogP contribution in [0.25, 0.3) is 0 Å². The quantitative estimate of drug-likeness (QED) is 0.201. The number of hydrogen-bond donors (Lipinski definition) is 8. The largest absolute Gasteiger partial charge is 0.390 e. The van der Waals surface area contributed by atoms with Crippen molar-refractivity contribution in [1.82, 2.24) is 0 Å². The Labute approximate surface area is 323 Å². The molecule has 0 heterocycles. The summed E-state index contributed by atoms with van der Waals surface area (Å²) in [5.41, 5.74) is -12.2. The lowest BCUT2D eigenvalue weighted by Crippen LogP contribution is -2.69. The number of rotatable bonds is 4. The number of ketones is 4. The fourth-order valence-electron chi connectivity index (χ4n) is 13.7. The first-order chi connectivity index (χ1) is 25.9. The van der Waals surface area contributed by atoms with Crippen molar-refractivity contribution in [2.24, 2.45) is 45.3 Å². The minimum absolute atomic E-state index is 0.0135. The third-order valence-corrected chi connectivity index (χ3v) is 16.9. The molecule has 56 heavy (non-hydrogen) atoms. The number of carbonyl (C=O) groups excluding carboxylic acids is 4. The molecule has 12 nitrogen and oxygen atoms in total. The third kappa shape index (κ3) is 4.72. The van der Waals surface area contributed by atoms with Gasteiger partial charge in [-0.05, 0) is 101 Å². The van der Waals surface area contributed by atoms with Crippen LogP contribution in [-0.4, -0.2) is 124 Å². The van der Waals surface area contributed by atoms with Gasteiger partial charge in [0.15, 0.2) is 45.7 Å². The predicted octanol–water partition coefficient (Wildman–Crippen LogP) is 1.24. The fourth-order valence-corrected chi connectivity index (χ4v) is 13.7. The Bertz CT molecular complexity index is 1750. The van der Waals surface area contributed by atoms with Crippen molar-refractivity contribution in [3.8, 4) is 0 Å². The van der Waals surface area contributed by atoms with Crippen molar-refractivity contribution in [3.63, 3.8) is 0 Å². The number of Topliss-reactive ketones (excluding diaryl/α,β-unsaturated/α-hetero) is 2. The number of aliphatic hydroxyl groups excluding tert-OH is 6. The van der Waals surface area contributed by atoms with Gasteiger partial charge in [0.1, 0.15) is 13.2 Å². The molecule has 0 amide bonds. The van der Waals surface area contributed by atoms with Gasteiger partial charge in [-0.25, -0.2) is 8.78 Å². The maximum atomic E-state index is 16.8. The number of alkyl halides is 2. The first-order valence-corrected chi connectivity index (χ1v) is 19.6. The van der Waals surface area contributed by atoms with Gasteiger partial charge in [0.2, 0.25) is 0 Å². The van der Waals surface area contributed by atoms with Crippen molar-refractivity contribution in [1.29, 1.82) is 0 Å². The van der Waals surface area contributed by atoms with E-state index in [0.29, 0.717) is 36.8 Å². The van der Waals surface area contributed by atoms with Crippen LogP contribution in [0.5, 0.6) is 0 Å². The van der Waals surface area contributed by atoms with Crippen LogP contribution in [0.1, 0.15) is 79.1 Å². The number of halogens is 2. The first kappa shape index (κ1) is 41.3. The summed E-state index contributed by atoms with van der Waals surface area (Å²) in [5, 5.41) is 84.2. The highest BCUT2D eigenvalue weighted by molar-refractivity contribution is 6.02. The van der Waals surface area contributed by atoms with Gasteiger partial charge < -0.3 is 40.9 Å². The molecule has 0 aromatic carbocycles. The van der Waals surface area contributed by atoms with Crippen molar-refractivity contribution >= 4 is 23.1 Å². The van der Waals surface area contributed by atoms with Crippen LogP contribution < -0.4 is 0 Å². The first-order valence-electron chi connectivity index (χ1n) is 19.6. The summed E-state index contributed by atoms with van der Waals surface area (Å²) >= 11 is 0. The van der Waals surface area contributed by atoms with Gasteiger partial charge in [0, 0.05) is 33.5 Å². The number of allylic oxidation sites excluding steroid dienone is 8. The summed E-state index contributed by atoms with van der Waals surface area (Å²) in [6.07, 6.45) is 3.86. The van der Waals surface area contributed by atoms with Crippen LogP contribution in [0.4, 0.5) is 8.78 Å². The Morgan fingerprint density at radius 1 is 0.625 bits per heavy atom. The van der Waals surface area contributed by atoms with E-state index in [4.69, 9.17) is 0 Å².